The van der Waals surface area contributed by atoms with Crippen LogP contribution in [0.3, 0.4) is 0 Å². The van der Waals surface area contributed by atoms with Gasteiger partial charge in [-0.25, -0.2) is 4.98 Å². The van der Waals surface area contributed by atoms with E-state index in [9.17, 15) is 4.79 Å². The van der Waals surface area contributed by atoms with Gasteiger partial charge in [0.05, 0.1) is 10.7 Å². The van der Waals surface area contributed by atoms with E-state index < -0.39 is 0 Å². The number of amides is 1. The zero-order valence-corrected chi connectivity index (χ0v) is 11.3. The lowest BCUT2D eigenvalue weighted by atomic mass is 10.3. The lowest BCUT2D eigenvalue weighted by Crippen LogP contribution is -2.26. The molecule has 2 aromatic heterocycles. The van der Waals surface area contributed by atoms with Crippen molar-refractivity contribution in [3.05, 3.63) is 34.7 Å². The Kier molecular flexibility index (Phi) is 3.87. The number of unbranched alkanes of at least 4 members (excludes halogenated alkanes) is 1. The Hall–Kier alpha value is -1.55. The Labute approximate surface area is 111 Å². The number of hydrogen-bond donors (Lipinski definition) is 1. The summed E-state index contributed by atoms with van der Waals surface area (Å²) < 4.78 is 1.74. The number of imidazole rings is 1. The zero-order chi connectivity index (χ0) is 13.1. The highest BCUT2D eigenvalue weighted by Gasteiger charge is 2.15. The van der Waals surface area contributed by atoms with Gasteiger partial charge in [0.15, 0.2) is 0 Å². The Morgan fingerprint density at radius 2 is 2.28 bits per heavy atom. The van der Waals surface area contributed by atoms with Gasteiger partial charge in [-0.15, -0.1) is 0 Å². The fraction of sp³-hybridized carbons (Fsp3) is 0.385. The van der Waals surface area contributed by atoms with Crippen molar-refractivity contribution < 1.29 is 4.79 Å². The Bertz CT molecular complexity index is 577. The molecule has 0 radical (unpaired) electrons. The number of aryl methyl sites for hydroxylation is 1. The molecule has 2 heterocycles. The predicted octanol–water partition coefficient (Wildman–Crippen LogP) is 2.83. The minimum absolute atomic E-state index is 0.101. The highest BCUT2D eigenvalue weighted by molar-refractivity contribution is 6.30. The van der Waals surface area contributed by atoms with Gasteiger partial charge in [0.2, 0.25) is 0 Å². The topological polar surface area (TPSA) is 46.4 Å². The van der Waals surface area contributed by atoms with Crippen LogP contribution in [0.4, 0.5) is 0 Å². The number of halogens is 1. The lowest BCUT2D eigenvalue weighted by Gasteiger charge is -2.05. The van der Waals surface area contributed by atoms with E-state index in [1.165, 1.54) is 0 Å². The SMILES string of the molecule is CCCCNC(=O)c1c(C)nc2ccc(Cl)cn12. The monoisotopic (exact) mass is 265 g/mol. The number of rotatable bonds is 4. The fourth-order valence-corrected chi connectivity index (χ4v) is 2.03. The summed E-state index contributed by atoms with van der Waals surface area (Å²) in [6.07, 6.45) is 3.74. The molecule has 4 nitrogen and oxygen atoms in total. The maximum atomic E-state index is 12.1. The lowest BCUT2D eigenvalue weighted by molar-refractivity contribution is 0.0946. The van der Waals surface area contributed by atoms with Gasteiger partial charge in [0.25, 0.3) is 5.91 Å². The third kappa shape index (κ3) is 2.48. The third-order valence-electron chi connectivity index (χ3n) is 2.79. The second-order valence-corrected chi connectivity index (χ2v) is 4.67. The molecule has 0 aliphatic heterocycles. The molecule has 2 aromatic rings. The van der Waals surface area contributed by atoms with Crippen molar-refractivity contribution in [2.45, 2.75) is 26.7 Å². The summed E-state index contributed by atoms with van der Waals surface area (Å²) in [4.78, 5) is 16.5. The molecular weight excluding hydrogens is 250 g/mol. The fourth-order valence-electron chi connectivity index (χ4n) is 1.87. The van der Waals surface area contributed by atoms with E-state index >= 15 is 0 Å². The first-order valence-electron chi connectivity index (χ1n) is 6.06. The smallest absolute Gasteiger partial charge is 0.270 e. The van der Waals surface area contributed by atoms with Crippen LogP contribution in [-0.2, 0) is 0 Å². The third-order valence-corrected chi connectivity index (χ3v) is 3.01. The summed E-state index contributed by atoms with van der Waals surface area (Å²) in [5, 5.41) is 3.48. The molecule has 0 spiro atoms. The van der Waals surface area contributed by atoms with E-state index in [2.05, 4.69) is 17.2 Å². The molecule has 0 aliphatic carbocycles. The minimum atomic E-state index is -0.101. The van der Waals surface area contributed by atoms with Crippen LogP contribution in [-0.4, -0.2) is 21.8 Å². The van der Waals surface area contributed by atoms with Gasteiger partial charge in [0.1, 0.15) is 11.3 Å². The molecule has 18 heavy (non-hydrogen) atoms. The van der Waals surface area contributed by atoms with Crippen LogP contribution in [0.2, 0.25) is 5.02 Å². The van der Waals surface area contributed by atoms with Gasteiger partial charge >= 0.3 is 0 Å². The van der Waals surface area contributed by atoms with Crippen LogP contribution in [0.1, 0.15) is 35.9 Å². The molecule has 0 aliphatic rings. The maximum absolute atomic E-state index is 12.1. The van der Waals surface area contributed by atoms with Crippen LogP contribution >= 0.6 is 11.6 Å². The van der Waals surface area contributed by atoms with E-state index in [0.717, 1.165) is 18.5 Å². The summed E-state index contributed by atoms with van der Waals surface area (Å²) >= 11 is 5.95. The van der Waals surface area contributed by atoms with Crippen molar-refractivity contribution in [2.24, 2.45) is 0 Å². The highest BCUT2D eigenvalue weighted by Crippen LogP contribution is 2.16. The van der Waals surface area contributed by atoms with Crippen LogP contribution in [0.15, 0.2) is 18.3 Å². The average Bonchev–Trinajstić information content (AvgIpc) is 2.64. The van der Waals surface area contributed by atoms with Gasteiger partial charge in [-0.2, -0.15) is 0 Å². The Balaban J connectivity index is 2.34. The molecule has 0 unspecified atom stereocenters. The van der Waals surface area contributed by atoms with Crippen LogP contribution < -0.4 is 5.32 Å². The van der Waals surface area contributed by atoms with Crippen molar-refractivity contribution in [1.82, 2.24) is 14.7 Å². The summed E-state index contributed by atoms with van der Waals surface area (Å²) in [5.74, 6) is -0.101. The first-order valence-corrected chi connectivity index (χ1v) is 6.43. The first kappa shape index (κ1) is 12.9. The molecule has 0 fully saturated rings. The van der Waals surface area contributed by atoms with Crippen LogP contribution in [0, 0.1) is 6.92 Å². The molecule has 0 atom stereocenters. The van der Waals surface area contributed by atoms with Gasteiger partial charge in [-0.3, -0.25) is 9.20 Å². The number of carbonyl (C=O) groups excluding carboxylic acids is 1. The molecule has 0 saturated carbocycles. The van der Waals surface area contributed by atoms with Gasteiger partial charge < -0.3 is 5.32 Å². The second-order valence-electron chi connectivity index (χ2n) is 4.23. The molecule has 0 aromatic carbocycles. The second kappa shape index (κ2) is 5.40. The molecule has 96 valence electrons. The van der Waals surface area contributed by atoms with Crippen molar-refractivity contribution in [2.75, 3.05) is 6.54 Å². The number of pyridine rings is 1. The molecule has 1 N–H and O–H groups in total. The molecular formula is C13H16ClN3O. The molecule has 0 bridgehead atoms. The summed E-state index contributed by atoms with van der Waals surface area (Å²) in [5.41, 5.74) is 2.01. The predicted molar refractivity (Wildman–Crippen MR) is 72.2 cm³/mol. The number of aromatic nitrogens is 2. The van der Waals surface area contributed by atoms with Gasteiger partial charge in [-0.05, 0) is 25.5 Å². The summed E-state index contributed by atoms with van der Waals surface area (Å²) in [6, 6.07) is 3.57. The van der Waals surface area contributed by atoms with E-state index in [0.29, 0.717) is 23.0 Å². The molecule has 2 rings (SSSR count). The van der Waals surface area contributed by atoms with E-state index in [1.807, 2.05) is 6.92 Å². The number of fused-ring (bicyclic) bond motifs is 1. The summed E-state index contributed by atoms with van der Waals surface area (Å²) in [6.45, 7) is 4.60. The van der Waals surface area contributed by atoms with Crippen molar-refractivity contribution in [1.29, 1.82) is 0 Å². The summed E-state index contributed by atoms with van der Waals surface area (Å²) in [7, 11) is 0. The Morgan fingerprint density at radius 1 is 1.50 bits per heavy atom. The van der Waals surface area contributed by atoms with Crippen LogP contribution in [0.25, 0.3) is 5.65 Å². The zero-order valence-electron chi connectivity index (χ0n) is 10.5. The maximum Gasteiger partial charge on any atom is 0.270 e. The van der Waals surface area contributed by atoms with E-state index in [4.69, 9.17) is 11.6 Å². The largest absolute Gasteiger partial charge is 0.351 e. The Morgan fingerprint density at radius 3 is 3.00 bits per heavy atom. The first-order chi connectivity index (χ1) is 8.63. The highest BCUT2D eigenvalue weighted by atomic mass is 35.5. The number of hydrogen-bond acceptors (Lipinski definition) is 2. The normalized spacial score (nSPS) is 10.8. The minimum Gasteiger partial charge on any atom is -0.351 e. The molecule has 0 saturated heterocycles. The van der Waals surface area contributed by atoms with E-state index in [-0.39, 0.29) is 5.91 Å². The molecule has 1 amide bonds. The quantitative estimate of drug-likeness (QED) is 0.864. The van der Waals surface area contributed by atoms with Gasteiger partial charge in [0, 0.05) is 12.7 Å². The van der Waals surface area contributed by atoms with Crippen molar-refractivity contribution >= 4 is 23.2 Å². The van der Waals surface area contributed by atoms with E-state index in [1.54, 1.807) is 22.7 Å². The number of nitrogens with zero attached hydrogens (tertiary/aromatic N) is 2. The average molecular weight is 266 g/mol. The van der Waals surface area contributed by atoms with Crippen molar-refractivity contribution in [3.8, 4) is 0 Å². The standard InChI is InChI=1S/C13H16ClN3O/c1-3-4-7-15-13(18)12-9(2)16-11-6-5-10(14)8-17(11)12/h5-6,8H,3-4,7H2,1-2H3,(H,15,18). The van der Waals surface area contributed by atoms with Crippen molar-refractivity contribution in [3.63, 3.8) is 0 Å². The number of nitrogens with one attached hydrogen (secondary N) is 1. The number of carbonyl (C=O) groups is 1. The molecule has 5 heteroatoms. The van der Waals surface area contributed by atoms with Crippen LogP contribution in [0.5, 0.6) is 0 Å². The van der Waals surface area contributed by atoms with Gasteiger partial charge in [-0.1, -0.05) is 24.9 Å².